The lowest BCUT2D eigenvalue weighted by Gasteiger charge is -2.21. The van der Waals surface area contributed by atoms with Gasteiger partial charge in [0.2, 0.25) is 0 Å². The molecule has 1 amide bonds. The minimum absolute atomic E-state index is 0.106. The van der Waals surface area contributed by atoms with Crippen LogP contribution in [0.25, 0.3) is 0 Å². The van der Waals surface area contributed by atoms with E-state index in [0.29, 0.717) is 11.3 Å². The molecular formula is C22H27NO5. The van der Waals surface area contributed by atoms with Gasteiger partial charge in [-0.1, -0.05) is 26.0 Å². The lowest BCUT2D eigenvalue weighted by Crippen LogP contribution is -2.45. The van der Waals surface area contributed by atoms with Crippen LogP contribution in [-0.4, -0.2) is 38.2 Å². The van der Waals surface area contributed by atoms with Gasteiger partial charge in [0.1, 0.15) is 30.8 Å². The first-order valence-electron chi connectivity index (χ1n) is 9.21. The first kappa shape index (κ1) is 21.3. The summed E-state index contributed by atoms with van der Waals surface area (Å²) in [7, 11) is 1.56. The molecule has 0 unspecified atom stereocenters. The number of esters is 1. The van der Waals surface area contributed by atoms with Crippen molar-refractivity contribution in [3.63, 3.8) is 0 Å². The van der Waals surface area contributed by atoms with Crippen LogP contribution in [0, 0.1) is 12.8 Å². The van der Waals surface area contributed by atoms with Crippen LogP contribution in [0.5, 0.6) is 11.5 Å². The lowest BCUT2D eigenvalue weighted by molar-refractivity contribution is -0.147. The molecule has 1 atom stereocenters. The van der Waals surface area contributed by atoms with Crippen LogP contribution >= 0.6 is 0 Å². The van der Waals surface area contributed by atoms with E-state index in [9.17, 15) is 9.59 Å². The standard InChI is InChI=1S/C22H27NO5/c1-15(2)20(23-21(24)17-8-10-18(26-4)11-9-17)22(25)28-13-12-27-19-7-5-6-16(3)14-19/h5-11,14-15,20H,12-13H2,1-4H3,(H,23,24)/t20-/m0/s1. The Labute approximate surface area is 165 Å². The molecule has 6 heteroatoms. The van der Waals surface area contributed by atoms with Crippen molar-refractivity contribution in [3.8, 4) is 11.5 Å². The second-order valence-corrected chi connectivity index (χ2v) is 6.76. The van der Waals surface area contributed by atoms with E-state index < -0.39 is 12.0 Å². The van der Waals surface area contributed by atoms with Gasteiger partial charge in [0, 0.05) is 5.56 Å². The summed E-state index contributed by atoms with van der Waals surface area (Å²) >= 11 is 0. The molecule has 0 heterocycles. The Morgan fingerprint density at radius 1 is 1.00 bits per heavy atom. The highest BCUT2D eigenvalue weighted by Gasteiger charge is 2.26. The van der Waals surface area contributed by atoms with E-state index in [0.717, 1.165) is 11.3 Å². The van der Waals surface area contributed by atoms with Crippen LogP contribution in [0.4, 0.5) is 0 Å². The average molecular weight is 385 g/mol. The monoisotopic (exact) mass is 385 g/mol. The van der Waals surface area contributed by atoms with Crippen LogP contribution in [0.3, 0.4) is 0 Å². The molecule has 28 heavy (non-hydrogen) atoms. The number of carbonyl (C=O) groups is 2. The van der Waals surface area contributed by atoms with Crippen LogP contribution in [0.15, 0.2) is 48.5 Å². The van der Waals surface area contributed by atoms with Crippen molar-refractivity contribution in [1.82, 2.24) is 5.32 Å². The molecule has 2 aromatic carbocycles. The number of benzene rings is 2. The molecule has 0 saturated carbocycles. The third-order valence-electron chi connectivity index (χ3n) is 4.15. The summed E-state index contributed by atoms with van der Waals surface area (Å²) in [5.74, 6) is 0.445. The molecule has 0 bridgehead atoms. The number of hydrogen-bond donors (Lipinski definition) is 1. The van der Waals surface area contributed by atoms with Crippen molar-refractivity contribution in [1.29, 1.82) is 0 Å². The maximum absolute atomic E-state index is 12.4. The molecular weight excluding hydrogens is 358 g/mol. The first-order valence-corrected chi connectivity index (χ1v) is 9.21. The van der Waals surface area contributed by atoms with Crippen molar-refractivity contribution >= 4 is 11.9 Å². The Morgan fingerprint density at radius 2 is 1.71 bits per heavy atom. The predicted octanol–water partition coefficient (Wildman–Crippen LogP) is 3.38. The highest BCUT2D eigenvalue weighted by atomic mass is 16.6. The molecule has 0 aliphatic carbocycles. The fraction of sp³-hybridized carbons (Fsp3) is 0.364. The van der Waals surface area contributed by atoms with E-state index >= 15 is 0 Å². The van der Waals surface area contributed by atoms with Gasteiger partial charge in [-0.3, -0.25) is 4.79 Å². The van der Waals surface area contributed by atoms with Crippen molar-refractivity contribution < 1.29 is 23.8 Å². The van der Waals surface area contributed by atoms with E-state index in [2.05, 4.69) is 5.32 Å². The summed E-state index contributed by atoms with van der Waals surface area (Å²) < 4.78 is 15.9. The van der Waals surface area contributed by atoms with Crippen molar-refractivity contribution in [3.05, 3.63) is 59.7 Å². The first-order chi connectivity index (χ1) is 13.4. The molecule has 0 fully saturated rings. The zero-order valence-corrected chi connectivity index (χ0v) is 16.7. The third-order valence-corrected chi connectivity index (χ3v) is 4.15. The molecule has 150 valence electrons. The maximum atomic E-state index is 12.4. The summed E-state index contributed by atoms with van der Waals surface area (Å²) in [6.07, 6.45) is 0. The van der Waals surface area contributed by atoms with Gasteiger partial charge in [0.05, 0.1) is 7.11 Å². The number of ether oxygens (including phenoxy) is 3. The number of methoxy groups -OCH3 is 1. The van der Waals surface area contributed by atoms with Crippen LogP contribution in [0.2, 0.25) is 0 Å². The lowest BCUT2D eigenvalue weighted by atomic mass is 10.0. The van der Waals surface area contributed by atoms with Crippen molar-refractivity contribution in [2.24, 2.45) is 5.92 Å². The predicted molar refractivity (Wildman–Crippen MR) is 107 cm³/mol. The van der Waals surface area contributed by atoms with E-state index in [1.54, 1.807) is 31.4 Å². The highest BCUT2D eigenvalue weighted by molar-refractivity contribution is 5.96. The van der Waals surface area contributed by atoms with Gasteiger partial charge in [-0.25, -0.2) is 4.79 Å². The molecule has 0 aliphatic heterocycles. The van der Waals surface area contributed by atoms with E-state index in [4.69, 9.17) is 14.2 Å². The molecule has 2 rings (SSSR count). The number of aryl methyl sites for hydroxylation is 1. The Hall–Kier alpha value is -3.02. The summed E-state index contributed by atoms with van der Waals surface area (Å²) in [4.78, 5) is 24.8. The van der Waals surface area contributed by atoms with Crippen molar-refractivity contribution in [2.45, 2.75) is 26.8 Å². The molecule has 0 radical (unpaired) electrons. The average Bonchev–Trinajstić information content (AvgIpc) is 2.69. The summed E-state index contributed by atoms with van der Waals surface area (Å²) in [5, 5.41) is 2.74. The molecule has 0 aromatic heterocycles. The molecule has 2 aromatic rings. The van der Waals surface area contributed by atoms with Gasteiger partial charge in [0.15, 0.2) is 0 Å². The summed E-state index contributed by atoms with van der Waals surface area (Å²) in [5.41, 5.74) is 1.54. The largest absolute Gasteiger partial charge is 0.497 e. The van der Waals surface area contributed by atoms with Crippen LogP contribution in [0.1, 0.15) is 29.8 Å². The van der Waals surface area contributed by atoms with E-state index in [-0.39, 0.29) is 25.0 Å². The van der Waals surface area contributed by atoms with Gasteiger partial charge >= 0.3 is 5.97 Å². The Kier molecular flexibility index (Phi) is 7.87. The minimum atomic E-state index is -0.742. The van der Waals surface area contributed by atoms with E-state index in [1.165, 1.54) is 0 Å². The Morgan fingerprint density at radius 3 is 2.32 bits per heavy atom. The van der Waals surface area contributed by atoms with Crippen LogP contribution in [-0.2, 0) is 9.53 Å². The smallest absolute Gasteiger partial charge is 0.329 e. The van der Waals surface area contributed by atoms with Gasteiger partial charge < -0.3 is 19.5 Å². The van der Waals surface area contributed by atoms with E-state index in [1.807, 2.05) is 45.0 Å². The van der Waals surface area contributed by atoms with Gasteiger partial charge in [-0.15, -0.1) is 0 Å². The zero-order chi connectivity index (χ0) is 20.5. The third kappa shape index (κ3) is 6.30. The van der Waals surface area contributed by atoms with Gasteiger partial charge in [0.25, 0.3) is 5.91 Å². The minimum Gasteiger partial charge on any atom is -0.497 e. The fourth-order valence-corrected chi connectivity index (χ4v) is 2.56. The number of amides is 1. The number of rotatable bonds is 9. The maximum Gasteiger partial charge on any atom is 0.329 e. The second-order valence-electron chi connectivity index (χ2n) is 6.76. The Bertz CT molecular complexity index is 786. The number of carbonyl (C=O) groups excluding carboxylic acids is 2. The summed E-state index contributed by atoms with van der Waals surface area (Å²) in [6.45, 7) is 6.03. The Balaban J connectivity index is 1.85. The molecule has 0 aliphatic rings. The SMILES string of the molecule is COc1ccc(C(=O)N[C@H](C(=O)OCCOc2cccc(C)c2)C(C)C)cc1. The second kappa shape index (κ2) is 10.3. The number of nitrogens with one attached hydrogen (secondary N) is 1. The topological polar surface area (TPSA) is 73.9 Å². The van der Waals surface area contributed by atoms with Crippen LogP contribution < -0.4 is 14.8 Å². The van der Waals surface area contributed by atoms with Crippen molar-refractivity contribution in [2.75, 3.05) is 20.3 Å². The van der Waals surface area contributed by atoms with Gasteiger partial charge in [-0.2, -0.15) is 0 Å². The molecule has 0 saturated heterocycles. The zero-order valence-electron chi connectivity index (χ0n) is 16.7. The quantitative estimate of drug-likeness (QED) is 0.529. The summed E-state index contributed by atoms with van der Waals surface area (Å²) in [6, 6.07) is 13.6. The van der Waals surface area contributed by atoms with Gasteiger partial charge in [-0.05, 0) is 54.8 Å². The highest BCUT2D eigenvalue weighted by Crippen LogP contribution is 2.13. The fourth-order valence-electron chi connectivity index (χ4n) is 2.56. The molecule has 6 nitrogen and oxygen atoms in total. The number of hydrogen-bond acceptors (Lipinski definition) is 5. The molecule has 0 spiro atoms. The normalized spacial score (nSPS) is 11.6. The molecule has 1 N–H and O–H groups in total.